The molecule has 0 atom stereocenters. The molecule has 3 rings (SSSR count). The molecule has 1 saturated carbocycles. The summed E-state index contributed by atoms with van der Waals surface area (Å²) in [5.74, 6) is 0.680. The topological polar surface area (TPSA) is 84.5 Å². The average Bonchev–Trinajstić information content (AvgIpc) is 3.47. The molecule has 1 aliphatic rings. The fourth-order valence-corrected chi connectivity index (χ4v) is 4.27. The minimum absolute atomic E-state index is 0.0649. The quantitative estimate of drug-likeness (QED) is 0.527. The lowest BCUT2D eigenvalue weighted by molar-refractivity contribution is -0.121. The highest BCUT2D eigenvalue weighted by atomic mass is 79.9. The highest BCUT2D eigenvalue weighted by Gasteiger charge is 2.27. The molecule has 0 heterocycles. The average molecular weight is 467 g/mol. The molecule has 0 saturated heterocycles. The Balaban J connectivity index is 1.37. The van der Waals surface area contributed by atoms with E-state index in [0.717, 1.165) is 28.6 Å². The lowest BCUT2D eigenvalue weighted by atomic mass is 10.1. The van der Waals surface area contributed by atoms with Gasteiger partial charge in [-0.15, -0.1) is 0 Å². The molecule has 150 valence electrons. The molecule has 0 radical (unpaired) electrons. The van der Waals surface area contributed by atoms with Crippen molar-refractivity contribution in [3.8, 4) is 5.75 Å². The fourth-order valence-electron chi connectivity index (χ4n) is 2.59. The molecule has 0 aromatic heterocycles. The second kappa shape index (κ2) is 9.54. The van der Waals surface area contributed by atoms with Crippen LogP contribution in [0.25, 0.3) is 0 Å². The van der Waals surface area contributed by atoms with Gasteiger partial charge in [-0.25, -0.2) is 13.1 Å². The molecule has 1 fully saturated rings. The standard InChI is InChI=1S/C20H23BrN2O4S/c21-16-2-1-3-18(14-16)27-13-12-22-20(24)11-6-15-4-9-19(10-5-15)28(25,26)23-17-7-8-17/h1-5,9-10,14,17,23H,6-8,11-13H2,(H,22,24). The van der Waals surface area contributed by atoms with Gasteiger partial charge in [0, 0.05) is 16.9 Å². The lowest BCUT2D eigenvalue weighted by Gasteiger charge is -2.09. The highest BCUT2D eigenvalue weighted by Crippen LogP contribution is 2.22. The van der Waals surface area contributed by atoms with Crippen molar-refractivity contribution >= 4 is 31.9 Å². The van der Waals surface area contributed by atoms with Crippen LogP contribution in [0.3, 0.4) is 0 Å². The van der Waals surface area contributed by atoms with E-state index in [9.17, 15) is 13.2 Å². The molecule has 6 nitrogen and oxygen atoms in total. The summed E-state index contributed by atoms with van der Waals surface area (Å²) in [5.41, 5.74) is 0.922. The van der Waals surface area contributed by atoms with Gasteiger partial charge in [0.2, 0.25) is 15.9 Å². The predicted molar refractivity (Wildman–Crippen MR) is 111 cm³/mol. The number of hydrogen-bond acceptors (Lipinski definition) is 4. The smallest absolute Gasteiger partial charge is 0.240 e. The molecule has 1 amide bonds. The normalized spacial score (nSPS) is 13.9. The molecule has 1 aliphatic carbocycles. The van der Waals surface area contributed by atoms with Crippen LogP contribution in [-0.4, -0.2) is 33.5 Å². The largest absolute Gasteiger partial charge is 0.492 e. The van der Waals surface area contributed by atoms with Crippen molar-refractivity contribution in [2.45, 2.75) is 36.6 Å². The minimum Gasteiger partial charge on any atom is -0.492 e. The van der Waals surface area contributed by atoms with Gasteiger partial charge in [0.1, 0.15) is 12.4 Å². The second-order valence-corrected chi connectivity index (χ2v) is 9.32. The summed E-state index contributed by atoms with van der Waals surface area (Å²) in [7, 11) is -3.43. The number of halogens is 1. The van der Waals surface area contributed by atoms with E-state index in [-0.39, 0.29) is 16.8 Å². The Bertz CT molecular complexity index is 912. The summed E-state index contributed by atoms with van der Waals surface area (Å²) >= 11 is 3.38. The molecule has 0 spiro atoms. The number of ether oxygens (including phenoxy) is 1. The summed E-state index contributed by atoms with van der Waals surface area (Å²) in [6.07, 6.45) is 2.69. The van der Waals surface area contributed by atoms with Gasteiger partial charge in [0.25, 0.3) is 0 Å². The first-order chi connectivity index (χ1) is 13.4. The van der Waals surface area contributed by atoms with Crippen LogP contribution in [0.5, 0.6) is 5.75 Å². The maximum atomic E-state index is 12.1. The van der Waals surface area contributed by atoms with Gasteiger partial charge in [0.15, 0.2) is 0 Å². The third-order valence-electron chi connectivity index (χ3n) is 4.26. The molecule has 8 heteroatoms. The van der Waals surface area contributed by atoms with E-state index < -0.39 is 10.0 Å². The van der Waals surface area contributed by atoms with Crippen molar-refractivity contribution in [1.29, 1.82) is 0 Å². The van der Waals surface area contributed by atoms with Gasteiger partial charge < -0.3 is 10.1 Å². The van der Waals surface area contributed by atoms with Gasteiger partial charge >= 0.3 is 0 Å². The number of aryl methyl sites for hydroxylation is 1. The number of sulfonamides is 1. The number of carbonyl (C=O) groups excluding carboxylic acids is 1. The van der Waals surface area contributed by atoms with Crippen LogP contribution >= 0.6 is 15.9 Å². The van der Waals surface area contributed by atoms with Crippen LogP contribution in [0.1, 0.15) is 24.8 Å². The zero-order chi connectivity index (χ0) is 20.0. The number of rotatable bonds is 10. The van der Waals surface area contributed by atoms with E-state index in [1.807, 2.05) is 24.3 Å². The van der Waals surface area contributed by atoms with Crippen LogP contribution in [0.4, 0.5) is 0 Å². The first-order valence-corrected chi connectivity index (χ1v) is 11.5. The predicted octanol–water partition coefficient (Wildman–Crippen LogP) is 3.02. The lowest BCUT2D eigenvalue weighted by Crippen LogP contribution is -2.28. The van der Waals surface area contributed by atoms with Gasteiger partial charge in [-0.05, 0) is 55.2 Å². The molecule has 2 aromatic rings. The van der Waals surface area contributed by atoms with Crippen molar-refractivity contribution in [2.75, 3.05) is 13.2 Å². The second-order valence-electron chi connectivity index (χ2n) is 6.70. The van der Waals surface area contributed by atoms with Crippen LogP contribution < -0.4 is 14.8 Å². The first kappa shape index (κ1) is 20.8. The number of hydrogen-bond donors (Lipinski definition) is 2. The van der Waals surface area contributed by atoms with Crippen molar-refractivity contribution in [3.63, 3.8) is 0 Å². The summed E-state index contributed by atoms with van der Waals surface area (Å²) < 4.78 is 33.4. The number of benzene rings is 2. The molecule has 28 heavy (non-hydrogen) atoms. The fraction of sp³-hybridized carbons (Fsp3) is 0.350. The van der Waals surface area contributed by atoms with Gasteiger partial charge in [-0.1, -0.05) is 34.1 Å². The Labute approximate surface area is 173 Å². The Kier molecular flexibility index (Phi) is 7.09. The van der Waals surface area contributed by atoms with E-state index in [0.29, 0.717) is 26.0 Å². The summed E-state index contributed by atoms with van der Waals surface area (Å²) in [6, 6.07) is 14.3. The molecule has 2 N–H and O–H groups in total. The highest BCUT2D eigenvalue weighted by molar-refractivity contribution is 9.10. The van der Waals surface area contributed by atoms with Gasteiger partial charge in [-0.3, -0.25) is 4.79 Å². The van der Waals surface area contributed by atoms with Crippen molar-refractivity contribution < 1.29 is 17.9 Å². The summed E-state index contributed by atoms with van der Waals surface area (Å²) in [4.78, 5) is 12.2. The van der Waals surface area contributed by atoms with E-state index in [1.54, 1.807) is 24.3 Å². The molecular weight excluding hydrogens is 444 g/mol. The van der Waals surface area contributed by atoms with Crippen LogP contribution in [-0.2, 0) is 21.2 Å². The van der Waals surface area contributed by atoms with E-state index >= 15 is 0 Å². The Morgan fingerprint density at radius 1 is 1.14 bits per heavy atom. The number of amides is 1. The number of nitrogens with one attached hydrogen (secondary N) is 2. The monoisotopic (exact) mass is 466 g/mol. The molecule has 0 aliphatic heterocycles. The third-order valence-corrected chi connectivity index (χ3v) is 6.29. The molecule has 2 aromatic carbocycles. The molecule has 0 bridgehead atoms. The first-order valence-electron chi connectivity index (χ1n) is 9.19. The Morgan fingerprint density at radius 3 is 2.57 bits per heavy atom. The van der Waals surface area contributed by atoms with Crippen molar-refractivity contribution in [3.05, 3.63) is 58.6 Å². The summed E-state index contributed by atoms with van der Waals surface area (Å²) in [6.45, 7) is 0.818. The van der Waals surface area contributed by atoms with Gasteiger partial charge in [0.05, 0.1) is 11.4 Å². The summed E-state index contributed by atoms with van der Waals surface area (Å²) in [5, 5.41) is 2.82. The third kappa shape index (κ3) is 6.61. The zero-order valence-corrected chi connectivity index (χ0v) is 17.8. The van der Waals surface area contributed by atoms with Crippen molar-refractivity contribution in [1.82, 2.24) is 10.0 Å². The van der Waals surface area contributed by atoms with Crippen LogP contribution in [0.15, 0.2) is 57.9 Å². The van der Waals surface area contributed by atoms with Gasteiger partial charge in [-0.2, -0.15) is 0 Å². The minimum atomic E-state index is -3.43. The zero-order valence-electron chi connectivity index (χ0n) is 15.4. The maximum absolute atomic E-state index is 12.1. The number of carbonyl (C=O) groups is 1. The SMILES string of the molecule is O=C(CCc1ccc(S(=O)(=O)NC2CC2)cc1)NCCOc1cccc(Br)c1. The molecule has 0 unspecified atom stereocenters. The Hall–Kier alpha value is -1.90. The Morgan fingerprint density at radius 2 is 1.89 bits per heavy atom. The van der Waals surface area contributed by atoms with E-state index in [4.69, 9.17) is 4.74 Å². The van der Waals surface area contributed by atoms with E-state index in [2.05, 4.69) is 26.0 Å². The van der Waals surface area contributed by atoms with Crippen LogP contribution in [0, 0.1) is 0 Å². The van der Waals surface area contributed by atoms with Crippen LogP contribution in [0.2, 0.25) is 0 Å². The maximum Gasteiger partial charge on any atom is 0.240 e. The molecular formula is C20H23BrN2O4S. The van der Waals surface area contributed by atoms with Crippen molar-refractivity contribution in [2.24, 2.45) is 0 Å². The van der Waals surface area contributed by atoms with E-state index in [1.165, 1.54) is 0 Å².